The molecule has 206 valence electrons. The molecular formula is C33H56O3. The van der Waals surface area contributed by atoms with E-state index in [4.69, 9.17) is 4.74 Å². The van der Waals surface area contributed by atoms with E-state index in [0.717, 1.165) is 68.6 Å². The maximum atomic E-state index is 12.8. The average molecular weight is 501 g/mol. The molecule has 0 spiro atoms. The van der Waals surface area contributed by atoms with E-state index in [2.05, 4.69) is 40.7 Å². The largest absolute Gasteiger partial charge is 0.462 e. The quantitative estimate of drug-likeness (QED) is 0.228. The molecule has 0 aliphatic heterocycles. The van der Waals surface area contributed by atoms with E-state index in [1.165, 1.54) is 51.4 Å². The molecule has 3 saturated carbocycles. The molecule has 36 heavy (non-hydrogen) atoms. The number of carbonyl (C=O) groups is 1. The summed E-state index contributed by atoms with van der Waals surface area (Å²) in [5.74, 6) is 3.80. The van der Waals surface area contributed by atoms with Gasteiger partial charge in [0, 0.05) is 6.42 Å². The SMILES string of the molecule is CCCCC(CCCC)OC(=O)CC[C@@H](C)[C@H]1CC[C@H]2[C@@H]3CC=C4C[C@@H](O)CC[C@]4(C)[C@H]3CC[C@]12C. The van der Waals surface area contributed by atoms with Crippen LogP contribution in [0.5, 0.6) is 0 Å². The van der Waals surface area contributed by atoms with Crippen molar-refractivity contribution in [2.24, 2.45) is 40.4 Å². The van der Waals surface area contributed by atoms with Gasteiger partial charge in [0.25, 0.3) is 0 Å². The van der Waals surface area contributed by atoms with E-state index in [0.29, 0.717) is 23.2 Å². The summed E-state index contributed by atoms with van der Waals surface area (Å²) in [5, 5.41) is 10.3. The fourth-order valence-electron chi connectivity index (χ4n) is 9.53. The molecule has 0 bridgehead atoms. The number of allylic oxidation sites excluding steroid dienone is 1. The van der Waals surface area contributed by atoms with Crippen LogP contribution in [0, 0.1) is 40.4 Å². The van der Waals surface area contributed by atoms with Crippen LogP contribution in [0.1, 0.15) is 137 Å². The van der Waals surface area contributed by atoms with Crippen molar-refractivity contribution in [2.75, 3.05) is 0 Å². The van der Waals surface area contributed by atoms with Crippen LogP contribution in [0.3, 0.4) is 0 Å². The molecule has 4 aliphatic carbocycles. The number of aliphatic hydroxyl groups excluding tert-OH is 1. The number of unbranched alkanes of at least 4 members (excludes halogenated alkanes) is 2. The van der Waals surface area contributed by atoms with Gasteiger partial charge in [-0.2, -0.15) is 0 Å². The number of carbonyl (C=O) groups excluding carboxylic acids is 1. The lowest BCUT2D eigenvalue weighted by Gasteiger charge is -2.58. The van der Waals surface area contributed by atoms with Gasteiger partial charge in [-0.1, -0.05) is 72.0 Å². The number of aliphatic hydroxyl groups is 1. The second-order valence-electron chi connectivity index (χ2n) is 13.8. The van der Waals surface area contributed by atoms with Crippen molar-refractivity contribution in [3.05, 3.63) is 11.6 Å². The molecule has 3 fully saturated rings. The molecule has 4 aliphatic rings. The van der Waals surface area contributed by atoms with Crippen molar-refractivity contribution >= 4 is 5.97 Å². The first-order valence-corrected chi connectivity index (χ1v) is 15.8. The van der Waals surface area contributed by atoms with E-state index in [1.807, 2.05) is 0 Å². The zero-order valence-corrected chi connectivity index (χ0v) is 24.2. The third-order valence-electron chi connectivity index (χ3n) is 11.7. The molecule has 3 heteroatoms. The first-order valence-electron chi connectivity index (χ1n) is 15.8. The second-order valence-corrected chi connectivity index (χ2v) is 13.8. The van der Waals surface area contributed by atoms with Crippen molar-refractivity contribution in [3.8, 4) is 0 Å². The Kier molecular flexibility index (Phi) is 9.33. The Labute approximate surface area is 222 Å². The summed E-state index contributed by atoms with van der Waals surface area (Å²) in [6.45, 7) is 12.0. The lowest BCUT2D eigenvalue weighted by molar-refractivity contribution is -0.150. The molecule has 0 unspecified atom stereocenters. The Morgan fingerprint density at radius 3 is 2.44 bits per heavy atom. The number of hydrogen-bond acceptors (Lipinski definition) is 3. The minimum absolute atomic E-state index is 0.0415. The van der Waals surface area contributed by atoms with Gasteiger partial charge >= 0.3 is 5.97 Å². The molecule has 0 radical (unpaired) electrons. The van der Waals surface area contributed by atoms with Crippen LogP contribution in [0.4, 0.5) is 0 Å². The van der Waals surface area contributed by atoms with Crippen molar-refractivity contribution in [2.45, 2.75) is 150 Å². The molecule has 3 nitrogen and oxygen atoms in total. The van der Waals surface area contributed by atoms with Crippen molar-refractivity contribution in [1.29, 1.82) is 0 Å². The molecule has 8 atom stereocenters. The van der Waals surface area contributed by atoms with Crippen LogP contribution >= 0.6 is 0 Å². The van der Waals surface area contributed by atoms with Gasteiger partial charge in [0.05, 0.1) is 6.10 Å². The minimum atomic E-state index is -0.119. The number of ether oxygens (including phenoxy) is 1. The van der Waals surface area contributed by atoms with Gasteiger partial charge in [0.2, 0.25) is 0 Å². The summed E-state index contributed by atoms with van der Waals surface area (Å²) in [6, 6.07) is 0. The van der Waals surface area contributed by atoms with E-state index in [9.17, 15) is 9.90 Å². The van der Waals surface area contributed by atoms with Crippen molar-refractivity contribution < 1.29 is 14.6 Å². The zero-order chi connectivity index (χ0) is 25.9. The number of rotatable bonds is 11. The number of fused-ring (bicyclic) bond motifs is 5. The first kappa shape index (κ1) is 28.2. The van der Waals surface area contributed by atoms with Crippen LogP contribution < -0.4 is 0 Å². The predicted octanol–water partition coefficient (Wildman–Crippen LogP) is 8.63. The molecular weight excluding hydrogens is 444 g/mol. The monoisotopic (exact) mass is 500 g/mol. The highest BCUT2D eigenvalue weighted by Gasteiger charge is 2.59. The third kappa shape index (κ3) is 5.62. The summed E-state index contributed by atoms with van der Waals surface area (Å²) in [4.78, 5) is 12.8. The van der Waals surface area contributed by atoms with Gasteiger partial charge in [-0.3, -0.25) is 4.79 Å². The molecule has 0 aromatic carbocycles. The lowest BCUT2D eigenvalue weighted by Crippen LogP contribution is -2.50. The second kappa shape index (κ2) is 11.9. The third-order valence-corrected chi connectivity index (χ3v) is 11.7. The van der Waals surface area contributed by atoms with Crippen LogP contribution in [0.15, 0.2) is 11.6 Å². The summed E-state index contributed by atoms with van der Waals surface area (Å²) in [6.07, 6.45) is 20.5. The highest BCUT2D eigenvalue weighted by atomic mass is 16.5. The van der Waals surface area contributed by atoms with E-state index in [1.54, 1.807) is 5.57 Å². The Morgan fingerprint density at radius 2 is 1.75 bits per heavy atom. The summed E-state index contributed by atoms with van der Waals surface area (Å²) < 4.78 is 5.98. The van der Waals surface area contributed by atoms with Crippen molar-refractivity contribution in [3.63, 3.8) is 0 Å². The van der Waals surface area contributed by atoms with E-state index in [-0.39, 0.29) is 18.2 Å². The van der Waals surface area contributed by atoms with Crippen molar-refractivity contribution in [1.82, 2.24) is 0 Å². The van der Waals surface area contributed by atoms with Crippen LogP contribution in [-0.2, 0) is 9.53 Å². The minimum Gasteiger partial charge on any atom is -0.462 e. The maximum Gasteiger partial charge on any atom is 0.306 e. The lowest BCUT2D eigenvalue weighted by atomic mass is 9.47. The normalized spacial score (nSPS) is 38.6. The Hall–Kier alpha value is -0.830. The fourth-order valence-corrected chi connectivity index (χ4v) is 9.53. The fraction of sp³-hybridized carbons (Fsp3) is 0.909. The molecule has 0 aromatic rings. The van der Waals surface area contributed by atoms with Crippen LogP contribution in [0.25, 0.3) is 0 Å². The Bertz CT molecular complexity index is 765. The summed E-state index contributed by atoms with van der Waals surface area (Å²) >= 11 is 0. The van der Waals surface area contributed by atoms with Gasteiger partial charge in [-0.15, -0.1) is 0 Å². The van der Waals surface area contributed by atoms with Crippen LogP contribution in [0.2, 0.25) is 0 Å². The van der Waals surface area contributed by atoms with Gasteiger partial charge in [0.1, 0.15) is 6.10 Å². The van der Waals surface area contributed by atoms with E-state index < -0.39 is 0 Å². The Morgan fingerprint density at radius 1 is 1.03 bits per heavy atom. The zero-order valence-electron chi connectivity index (χ0n) is 24.2. The number of esters is 1. The molecule has 0 heterocycles. The predicted molar refractivity (Wildman–Crippen MR) is 149 cm³/mol. The molecule has 4 rings (SSSR count). The standard InChI is InChI=1S/C33H56O3/c1-6-8-10-26(11-9-7-2)36-31(35)17-12-23(3)28-15-16-29-27-14-13-24-22-25(34)18-20-32(24,4)30(27)19-21-33(28,29)5/h13,23,25-30,34H,6-12,14-22H2,1-5H3/t23-,25+,27+,28-,29+,30+,32+,33-/m1/s1. The van der Waals surface area contributed by atoms with E-state index >= 15 is 0 Å². The topological polar surface area (TPSA) is 46.5 Å². The highest BCUT2D eigenvalue weighted by molar-refractivity contribution is 5.69. The smallest absolute Gasteiger partial charge is 0.306 e. The molecule has 0 saturated heterocycles. The Balaban J connectivity index is 1.34. The highest BCUT2D eigenvalue weighted by Crippen LogP contribution is 2.67. The summed E-state index contributed by atoms with van der Waals surface area (Å²) in [7, 11) is 0. The number of hydrogen-bond donors (Lipinski definition) is 1. The van der Waals surface area contributed by atoms with Gasteiger partial charge in [0.15, 0.2) is 0 Å². The molecule has 1 N–H and O–H groups in total. The maximum absolute atomic E-state index is 12.8. The van der Waals surface area contributed by atoms with Gasteiger partial charge in [-0.25, -0.2) is 0 Å². The van der Waals surface area contributed by atoms with Gasteiger partial charge < -0.3 is 9.84 Å². The molecule has 0 amide bonds. The van der Waals surface area contributed by atoms with Crippen LogP contribution in [-0.4, -0.2) is 23.3 Å². The first-order chi connectivity index (χ1) is 17.2. The average Bonchev–Trinajstić information content (AvgIpc) is 3.22. The molecule has 0 aromatic heterocycles. The summed E-state index contributed by atoms with van der Waals surface area (Å²) in [5.41, 5.74) is 2.32. The van der Waals surface area contributed by atoms with Gasteiger partial charge in [-0.05, 0) is 111 Å².